The van der Waals surface area contributed by atoms with Gasteiger partial charge in [0.25, 0.3) is 11.8 Å². The quantitative estimate of drug-likeness (QED) is 0.163. The molecule has 0 bridgehead atoms. The smallest absolute Gasteiger partial charge is 0.450 e. The van der Waals surface area contributed by atoms with Crippen molar-refractivity contribution in [3.05, 3.63) is 84.2 Å². The van der Waals surface area contributed by atoms with E-state index in [0.29, 0.717) is 82.5 Å². The van der Waals surface area contributed by atoms with E-state index < -0.39 is 11.8 Å². The molecule has 49 heavy (non-hydrogen) atoms. The van der Waals surface area contributed by atoms with Crippen molar-refractivity contribution in [2.75, 3.05) is 65.6 Å². The van der Waals surface area contributed by atoms with Crippen molar-refractivity contribution in [2.45, 2.75) is 25.0 Å². The Kier molecular flexibility index (Phi) is 10.9. The first-order chi connectivity index (χ1) is 23.8. The Bertz CT molecular complexity index is 1700. The first kappa shape index (κ1) is 34.2. The van der Waals surface area contributed by atoms with Crippen molar-refractivity contribution in [1.82, 2.24) is 24.8 Å². The summed E-state index contributed by atoms with van der Waals surface area (Å²) in [6, 6.07) is 21.9. The minimum Gasteiger partial charge on any atom is -0.450 e. The highest BCUT2D eigenvalue weighted by atomic mass is 19.1. The van der Waals surface area contributed by atoms with Crippen LogP contribution in [0.5, 0.6) is 0 Å². The molecule has 1 aromatic heterocycles. The summed E-state index contributed by atoms with van der Waals surface area (Å²) in [4.78, 5) is 35.9. The van der Waals surface area contributed by atoms with Gasteiger partial charge in [-0.15, -0.1) is 0 Å². The van der Waals surface area contributed by atoms with Gasteiger partial charge in [0.2, 0.25) is 5.82 Å². The Labute approximate surface area is 283 Å². The summed E-state index contributed by atoms with van der Waals surface area (Å²) in [5.41, 5.74) is 2.14. The molecular weight excluding hydrogens is 633 g/mol. The van der Waals surface area contributed by atoms with Crippen molar-refractivity contribution >= 4 is 12.1 Å². The molecule has 1 amide bonds. The van der Waals surface area contributed by atoms with Gasteiger partial charge in [-0.1, -0.05) is 65.8 Å². The Balaban J connectivity index is 1.03. The Hall–Kier alpha value is -4.69. The van der Waals surface area contributed by atoms with E-state index in [1.165, 1.54) is 6.07 Å². The van der Waals surface area contributed by atoms with E-state index in [2.05, 4.69) is 19.9 Å². The van der Waals surface area contributed by atoms with Crippen LogP contribution < -0.4 is 0 Å². The van der Waals surface area contributed by atoms with Crippen molar-refractivity contribution in [3.63, 3.8) is 0 Å². The number of nitrogens with zero attached hydrogens (tertiary/aromatic N) is 5. The third kappa shape index (κ3) is 8.31. The Morgan fingerprint density at radius 3 is 2.24 bits per heavy atom. The van der Waals surface area contributed by atoms with Crippen LogP contribution in [0.1, 0.15) is 18.4 Å². The SMILES string of the molecule is O=C(O)OC1(C(=O)N2CCN(CCOCCO)CC2)CCN(Cc2ccc(-c3noc(-c4ccc(-c5ccccc5)c(F)c4)n3)cc2)CC1. The maximum Gasteiger partial charge on any atom is 0.506 e. The van der Waals surface area contributed by atoms with Gasteiger partial charge in [0.15, 0.2) is 5.60 Å². The molecule has 2 saturated heterocycles. The summed E-state index contributed by atoms with van der Waals surface area (Å²) in [6.45, 7) is 5.38. The molecule has 0 atom stereocenters. The summed E-state index contributed by atoms with van der Waals surface area (Å²) in [7, 11) is 0. The molecule has 13 heteroatoms. The number of rotatable bonds is 12. The molecule has 3 aromatic carbocycles. The minimum absolute atomic E-state index is 0.0164. The molecule has 0 unspecified atom stereocenters. The van der Waals surface area contributed by atoms with E-state index in [1.807, 2.05) is 54.6 Å². The standard InChI is InChI=1S/C36H40FN5O7/c37-31-24-29(10-11-30(31)27-4-2-1-3-5-27)33-38-32(39-49-33)28-8-6-26(7-9-28)25-41-14-12-36(13-15-41,48-35(45)46)34(44)42-18-16-40(17-19-42)20-22-47-23-21-43/h1-11,24,43H,12-23,25H2,(H,45,46). The second-order valence-corrected chi connectivity index (χ2v) is 12.3. The number of hydrogen-bond acceptors (Lipinski definition) is 10. The largest absolute Gasteiger partial charge is 0.506 e. The van der Waals surface area contributed by atoms with E-state index in [-0.39, 0.29) is 37.1 Å². The van der Waals surface area contributed by atoms with E-state index >= 15 is 0 Å². The number of benzene rings is 3. The average Bonchev–Trinajstić information content (AvgIpc) is 3.62. The molecule has 2 aliphatic rings. The molecule has 0 saturated carbocycles. The predicted octanol–water partition coefficient (Wildman–Crippen LogP) is 4.39. The number of ether oxygens (including phenoxy) is 2. The molecule has 0 radical (unpaired) electrons. The van der Waals surface area contributed by atoms with Crippen LogP contribution >= 0.6 is 0 Å². The number of amides is 1. The van der Waals surface area contributed by atoms with E-state index in [4.69, 9.17) is 19.1 Å². The molecule has 4 aromatic rings. The molecule has 0 aliphatic carbocycles. The van der Waals surface area contributed by atoms with Gasteiger partial charge in [-0.3, -0.25) is 14.6 Å². The van der Waals surface area contributed by atoms with E-state index in [0.717, 1.165) is 16.7 Å². The zero-order valence-corrected chi connectivity index (χ0v) is 27.2. The number of halogens is 1. The van der Waals surface area contributed by atoms with Crippen LogP contribution in [0, 0.1) is 5.82 Å². The zero-order valence-electron chi connectivity index (χ0n) is 27.2. The fourth-order valence-corrected chi connectivity index (χ4v) is 6.40. The highest BCUT2D eigenvalue weighted by Gasteiger charge is 2.47. The molecule has 0 spiro atoms. The predicted molar refractivity (Wildman–Crippen MR) is 178 cm³/mol. The molecule has 6 rings (SSSR count). The van der Waals surface area contributed by atoms with Crippen LogP contribution in [-0.4, -0.2) is 118 Å². The first-order valence-corrected chi connectivity index (χ1v) is 16.5. The number of hydrogen-bond donors (Lipinski definition) is 2. The van der Waals surface area contributed by atoms with Crippen LogP contribution in [0.2, 0.25) is 0 Å². The lowest BCUT2D eigenvalue weighted by molar-refractivity contribution is -0.161. The van der Waals surface area contributed by atoms with E-state index in [1.54, 1.807) is 17.0 Å². The average molecular weight is 674 g/mol. The second-order valence-electron chi connectivity index (χ2n) is 12.3. The van der Waals surface area contributed by atoms with Gasteiger partial charge in [-0.2, -0.15) is 4.98 Å². The number of aliphatic hydroxyl groups excluding tert-OH is 1. The number of piperidine rings is 1. The van der Waals surface area contributed by atoms with Gasteiger partial charge in [0, 0.05) is 81.9 Å². The van der Waals surface area contributed by atoms with Crippen LogP contribution in [0.25, 0.3) is 34.0 Å². The lowest BCUT2D eigenvalue weighted by Gasteiger charge is -2.43. The third-order valence-electron chi connectivity index (χ3n) is 9.13. The zero-order chi connectivity index (χ0) is 34.2. The normalized spacial score (nSPS) is 16.8. The monoisotopic (exact) mass is 673 g/mol. The maximum atomic E-state index is 14.9. The number of piperazine rings is 1. The van der Waals surface area contributed by atoms with Crippen LogP contribution in [0.4, 0.5) is 9.18 Å². The van der Waals surface area contributed by atoms with Gasteiger partial charge < -0.3 is 29.1 Å². The summed E-state index contributed by atoms with van der Waals surface area (Å²) in [6.07, 6.45) is -0.912. The highest BCUT2D eigenvalue weighted by Crippen LogP contribution is 2.32. The van der Waals surface area contributed by atoms with Crippen molar-refractivity contribution in [3.8, 4) is 34.0 Å². The van der Waals surface area contributed by atoms with Crippen molar-refractivity contribution in [1.29, 1.82) is 0 Å². The summed E-state index contributed by atoms with van der Waals surface area (Å²) < 4.78 is 31.1. The van der Waals surface area contributed by atoms with E-state index in [9.17, 15) is 19.1 Å². The maximum absolute atomic E-state index is 14.9. The highest BCUT2D eigenvalue weighted by molar-refractivity contribution is 5.87. The third-order valence-corrected chi connectivity index (χ3v) is 9.13. The van der Waals surface area contributed by atoms with Crippen molar-refractivity contribution < 1.29 is 38.2 Å². The molecule has 3 heterocycles. The summed E-state index contributed by atoms with van der Waals surface area (Å²) in [5.74, 6) is -0.0442. The molecule has 2 fully saturated rings. The first-order valence-electron chi connectivity index (χ1n) is 16.5. The number of aliphatic hydroxyl groups is 1. The fourth-order valence-electron chi connectivity index (χ4n) is 6.40. The summed E-state index contributed by atoms with van der Waals surface area (Å²) in [5, 5.41) is 22.5. The minimum atomic E-state index is -1.45. The summed E-state index contributed by atoms with van der Waals surface area (Å²) >= 11 is 0. The molecule has 2 N–H and O–H groups in total. The number of carbonyl (C=O) groups is 2. The van der Waals surface area contributed by atoms with Gasteiger partial charge >= 0.3 is 6.16 Å². The molecule has 12 nitrogen and oxygen atoms in total. The topological polar surface area (TPSA) is 142 Å². The Morgan fingerprint density at radius 1 is 0.857 bits per heavy atom. The van der Waals surface area contributed by atoms with Crippen LogP contribution in [0.15, 0.2) is 77.3 Å². The van der Waals surface area contributed by atoms with Crippen LogP contribution in [-0.2, 0) is 20.8 Å². The molecular formula is C36H40FN5O7. The van der Waals surface area contributed by atoms with Crippen molar-refractivity contribution in [2.24, 2.45) is 0 Å². The fraction of sp³-hybridized carbons (Fsp3) is 0.389. The molecule has 2 aliphatic heterocycles. The number of carboxylic acid groups (broad SMARTS) is 1. The van der Waals surface area contributed by atoms with Gasteiger partial charge in [-0.05, 0) is 23.3 Å². The lowest BCUT2D eigenvalue weighted by atomic mass is 9.89. The number of carbonyl (C=O) groups excluding carboxylic acids is 1. The Morgan fingerprint density at radius 2 is 1.57 bits per heavy atom. The van der Waals surface area contributed by atoms with Gasteiger partial charge in [-0.25, -0.2) is 9.18 Å². The van der Waals surface area contributed by atoms with Crippen LogP contribution in [0.3, 0.4) is 0 Å². The number of likely N-dealkylation sites (tertiary alicyclic amines) is 1. The molecule has 258 valence electrons. The second kappa shape index (κ2) is 15.7. The number of aromatic nitrogens is 2. The lowest BCUT2D eigenvalue weighted by Crippen LogP contribution is -2.60. The van der Waals surface area contributed by atoms with Gasteiger partial charge in [0.1, 0.15) is 5.82 Å². The van der Waals surface area contributed by atoms with Gasteiger partial charge in [0.05, 0.1) is 19.8 Å².